The Labute approximate surface area is 153 Å². The minimum Gasteiger partial charge on any atom is -0.396 e. The molecule has 0 aliphatic heterocycles. The van der Waals surface area contributed by atoms with Crippen LogP contribution in [-0.2, 0) is 0 Å². The van der Waals surface area contributed by atoms with Gasteiger partial charge in [0.2, 0.25) is 0 Å². The summed E-state index contributed by atoms with van der Waals surface area (Å²) in [6.07, 6.45) is -6.65. The van der Waals surface area contributed by atoms with Crippen LogP contribution in [0.2, 0.25) is 0 Å². The summed E-state index contributed by atoms with van der Waals surface area (Å²) in [5, 5.41) is 8.36. The van der Waals surface area contributed by atoms with E-state index >= 15 is 0 Å². The summed E-state index contributed by atoms with van der Waals surface area (Å²) in [6, 6.07) is 0. The lowest BCUT2D eigenvalue weighted by molar-refractivity contribution is -0.425. The topological polar surface area (TPSA) is 20.2 Å². The van der Waals surface area contributed by atoms with Gasteiger partial charge in [-0.05, 0) is 19.3 Å². The lowest BCUT2D eigenvalue weighted by atomic mass is 9.88. The monoisotopic (exact) mass is 444 g/mol. The molecular weight excluding hydrogens is 424 g/mol. The van der Waals surface area contributed by atoms with Gasteiger partial charge in [0.05, 0.1) is 0 Å². The Bertz CT molecular complexity index is 445. The molecule has 0 saturated heterocycles. The molecule has 0 aliphatic rings. The largest absolute Gasteiger partial charge is 0.396 e. The second kappa shape index (κ2) is 8.86. The van der Waals surface area contributed by atoms with Crippen molar-refractivity contribution < 1.29 is 57.8 Å². The van der Waals surface area contributed by atoms with Crippen molar-refractivity contribution in [3.05, 3.63) is 0 Å². The quantitative estimate of drug-likeness (QED) is 0.253. The zero-order valence-corrected chi connectivity index (χ0v) is 14.6. The van der Waals surface area contributed by atoms with Crippen molar-refractivity contribution >= 4 is 0 Å². The fourth-order valence-corrected chi connectivity index (χ4v) is 2.22. The first-order valence-corrected chi connectivity index (χ1v) is 8.25. The van der Waals surface area contributed by atoms with Crippen LogP contribution in [0.1, 0.15) is 51.9 Å². The Balaban J connectivity index is 5.93. The van der Waals surface area contributed by atoms with Crippen molar-refractivity contribution in [1.82, 2.24) is 0 Å². The molecule has 0 radical (unpaired) electrons. The fourth-order valence-electron chi connectivity index (χ4n) is 2.22. The van der Waals surface area contributed by atoms with E-state index in [-0.39, 0.29) is 12.8 Å². The van der Waals surface area contributed by atoms with E-state index in [1.54, 1.807) is 0 Å². The van der Waals surface area contributed by atoms with Gasteiger partial charge in [0, 0.05) is 19.4 Å². The lowest BCUT2D eigenvalue weighted by Gasteiger charge is -2.41. The third kappa shape index (κ3) is 4.64. The van der Waals surface area contributed by atoms with Gasteiger partial charge in [-0.15, -0.1) is 0 Å². The Kier molecular flexibility index (Phi) is 8.59. The predicted molar refractivity (Wildman–Crippen MR) is 74.8 cm³/mol. The van der Waals surface area contributed by atoms with Crippen LogP contribution in [-0.4, -0.2) is 47.2 Å². The molecule has 0 aromatic heterocycles. The molecule has 0 aromatic carbocycles. The number of rotatable bonds is 13. The smallest absolute Gasteiger partial charge is 0.384 e. The predicted octanol–water partition coefficient (Wildman–Crippen LogP) is 6.54. The van der Waals surface area contributed by atoms with Gasteiger partial charge in [0.15, 0.2) is 0 Å². The molecule has 0 bridgehead atoms. The number of aliphatic hydroxyl groups excluding tert-OH is 1. The Morgan fingerprint density at radius 3 is 1.11 bits per heavy atom. The number of unbranched alkanes of at least 4 members (excludes halogenated alkanes) is 3. The molecule has 0 saturated carbocycles. The maximum atomic E-state index is 13.6. The first kappa shape index (κ1) is 27.1. The molecule has 0 aromatic rings. The summed E-state index contributed by atoms with van der Waals surface area (Å²) < 4.78 is 162. The van der Waals surface area contributed by atoms with E-state index in [2.05, 4.69) is 0 Å². The number of alkyl halides is 12. The highest BCUT2D eigenvalue weighted by molar-refractivity contribution is 5.11. The molecule has 0 heterocycles. The van der Waals surface area contributed by atoms with E-state index in [0.717, 1.165) is 0 Å². The van der Waals surface area contributed by atoms with E-state index in [1.165, 1.54) is 6.92 Å². The van der Waals surface area contributed by atoms with Gasteiger partial charge < -0.3 is 5.11 Å². The third-order valence-electron chi connectivity index (χ3n) is 4.09. The van der Waals surface area contributed by atoms with Crippen LogP contribution in [0.5, 0.6) is 0 Å². The Hall–Kier alpha value is -0.880. The van der Waals surface area contributed by atoms with E-state index in [1.807, 2.05) is 0 Å². The highest BCUT2D eigenvalue weighted by atomic mass is 19.4. The van der Waals surface area contributed by atoms with Crippen molar-refractivity contribution in [2.75, 3.05) is 6.61 Å². The van der Waals surface area contributed by atoms with Crippen LogP contribution in [0.3, 0.4) is 0 Å². The summed E-state index contributed by atoms with van der Waals surface area (Å²) in [4.78, 5) is 0. The van der Waals surface area contributed by atoms with Crippen molar-refractivity contribution in [2.24, 2.45) is 0 Å². The SMILES string of the molecule is CCCCCC(F)(F)C(F)(F)C(F)(F)C(F)(F)C(F)(F)C(F)(F)CCCCO. The third-order valence-corrected chi connectivity index (χ3v) is 4.09. The number of hydrogen-bond acceptors (Lipinski definition) is 1. The molecular formula is C15H20F12O. The lowest BCUT2D eigenvalue weighted by Crippen LogP contribution is -2.70. The van der Waals surface area contributed by atoms with Crippen molar-refractivity contribution in [3.63, 3.8) is 0 Å². The van der Waals surface area contributed by atoms with Gasteiger partial charge >= 0.3 is 35.5 Å². The first-order chi connectivity index (χ1) is 12.4. The van der Waals surface area contributed by atoms with Gasteiger partial charge in [-0.3, -0.25) is 0 Å². The molecule has 0 aliphatic carbocycles. The second-order valence-corrected chi connectivity index (χ2v) is 6.34. The average Bonchev–Trinajstić information content (AvgIpc) is 2.54. The molecule has 1 nitrogen and oxygen atoms in total. The van der Waals surface area contributed by atoms with E-state index in [9.17, 15) is 52.7 Å². The molecule has 0 rings (SSSR count). The normalized spacial score (nSPS) is 15.2. The number of halogens is 12. The molecule has 28 heavy (non-hydrogen) atoms. The van der Waals surface area contributed by atoms with Crippen LogP contribution in [0.25, 0.3) is 0 Å². The molecule has 0 atom stereocenters. The Morgan fingerprint density at radius 1 is 0.500 bits per heavy atom. The molecule has 0 amide bonds. The first-order valence-electron chi connectivity index (χ1n) is 8.25. The molecule has 1 N–H and O–H groups in total. The van der Waals surface area contributed by atoms with Crippen LogP contribution >= 0.6 is 0 Å². The van der Waals surface area contributed by atoms with Crippen LogP contribution in [0.15, 0.2) is 0 Å². The highest BCUT2D eigenvalue weighted by Crippen LogP contribution is 2.61. The van der Waals surface area contributed by atoms with Gasteiger partial charge in [0.25, 0.3) is 0 Å². The second-order valence-electron chi connectivity index (χ2n) is 6.34. The van der Waals surface area contributed by atoms with Crippen LogP contribution in [0.4, 0.5) is 52.7 Å². The minimum absolute atomic E-state index is 0.159. The van der Waals surface area contributed by atoms with Crippen molar-refractivity contribution in [3.8, 4) is 0 Å². The molecule has 13 heteroatoms. The van der Waals surface area contributed by atoms with Gasteiger partial charge in [-0.1, -0.05) is 19.8 Å². The molecule has 0 fully saturated rings. The van der Waals surface area contributed by atoms with Gasteiger partial charge in [-0.25, -0.2) is 0 Å². The van der Waals surface area contributed by atoms with Crippen molar-refractivity contribution in [1.29, 1.82) is 0 Å². The molecule has 0 spiro atoms. The van der Waals surface area contributed by atoms with Crippen LogP contribution in [0, 0.1) is 0 Å². The van der Waals surface area contributed by atoms with Crippen LogP contribution < -0.4 is 0 Å². The summed E-state index contributed by atoms with van der Waals surface area (Å²) in [5.74, 6) is -40.9. The van der Waals surface area contributed by atoms with E-state index < -0.39 is 74.2 Å². The van der Waals surface area contributed by atoms with Gasteiger partial charge in [0.1, 0.15) is 0 Å². The fraction of sp³-hybridized carbons (Fsp3) is 1.00. The number of aliphatic hydroxyl groups is 1. The summed E-state index contributed by atoms with van der Waals surface area (Å²) in [6.45, 7) is 0.592. The van der Waals surface area contributed by atoms with Crippen molar-refractivity contribution in [2.45, 2.75) is 87.4 Å². The maximum absolute atomic E-state index is 13.6. The zero-order valence-electron chi connectivity index (χ0n) is 14.6. The summed E-state index contributed by atoms with van der Waals surface area (Å²) >= 11 is 0. The zero-order chi connectivity index (χ0) is 22.7. The van der Waals surface area contributed by atoms with E-state index in [4.69, 9.17) is 5.11 Å². The molecule has 170 valence electrons. The maximum Gasteiger partial charge on any atom is 0.384 e. The minimum atomic E-state index is -7.50. The molecule has 0 unspecified atom stereocenters. The Morgan fingerprint density at radius 2 is 0.821 bits per heavy atom. The summed E-state index contributed by atoms with van der Waals surface area (Å²) in [7, 11) is 0. The van der Waals surface area contributed by atoms with Gasteiger partial charge in [-0.2, -0.15) is 52.7 Å². The highest BCUT2D eigenvalue weighted by Gasteiger charge is 2.89. The average molecular weight is 444 g/mol. The number of hydrogen-bond donors (Lipinski definition) is 1. The summed E-state index contributed by atoms with van der Waals surface area (Å²) in [5.41, 5.74) is 0. The standard InChI is InChI=1S/C15H20F12O/c1-2-3-4-7-10(16,17)12(20,21)14(24,25)15(26,27)13(22,23)11(18,19)8-5-6-9-28/h28H,2-9H2,1H3. The van der Waals surface area contributed by atoms with E-state index in [0.29, 0.717) is 0 Å².